The van der Waals surface area contributed by atoms with Crippen molar-refractivity contribution >= 4 is 17.8 Å². The van der Waals surface area contributed by atoms with Crippen molar-refractivity contribution in [1.29, 1.82) is 0 Å². The van der Waals surface area contributed by atoms with E-state index in [1.807, 2.05) is 0 Å². The minimum absolute atomic E-state index is 0.0633. The van der Waals surface area contributed by atoms with E-state index >= 15 is 0 Å². The van der Waals surface area contributed by atoms with Crippen LogP contribution in [-0.2, 0) is 4.79 Å². The molecule has 0 amide bonds. The van der Waals surface area contributed by atoms with E-state index < -0.39 is 17.8 Å². The minimum Gasteiger partial charge on any atom is -0.481 e. The highest BCUT2D eigenvalue weighted by Gasteiger charge is 2.46. The fourth-order valence-electron chi connectivity index (χ4n) is 3.54. The van der Waals surface area contributed by atoms with Crippen LogP contribution in [-0.4, -0.2) is 37.2 Å². The Morgan fingerprint density at radius 3 is 1.97 bits per heavy atom. The second-order valence-electron chi connectivity index (χ2n) is 11.2. The van der Waals surface area contributed by atoms with E-state index in [-0.39, 0.29) is 40.4 Å². The van der Waals surface area contributed by atoms with Crippen LogP contribution in [0.2, 0.25) is 0 Å². The lowest BCUT2D eigenvalue weighted by molar-refractivity contribution is -0.141. The van der Waals surface area contributed by atoms with Crippen molar-refractivity contribution in [3.05, 3.63) is 12.2 Å². The summed E-state index contributed by atoms with van der Waals surface area (Å²) < 4.78 is 0.833. The molecule has 170 valence electrons. The van der Waals surface area contributed by atoms with Gasteiger partial charge in [-0.15, -0.1) is 4.68 Å². The number of carboxylic acids is 1. The van der Waals surface area contributed by atoms with Crippen LogP contribution in [0.1, 0.15) is 86.4 Å². The van der Waals surface area contributed by atoms with Crippen LogP contribution in [0, 0.1) is 27.6 Å². The van der Waals surface area contributed by atoms with Gasteiger partial charge < -0.3 is 10.8 Å². The molecule has 0 saturated carbocycles. The summed E-state index contributed by atoms with van der Waals surface area (Å²) in [5.74, 6) is -2.70. The maximum absolute atomic E-state index is 12.4. The molecule has 0 aliphatic heterocycles. The SMILES string of the molecule is C=C(CC(CC(=O)n1nnnc1N)C(=O)O)C(C)(C)C(C)(C)CC(C)(C)C(C)(C)C. The molecule has 1 aromatic heterocycles. The van der Waals surface area contributed by atoms with Crippen LogP contribution in [0.3, 0.4) is 0 Å². The maximum Gasteiger partial charge on any atom is 0.307 e. The van der Waals surface area contributed by atoms with Gasteiger partial charge in [0.1, 0.15) is 0 Å². The average Bonchev–Trinajstić information content (AvgIpc) is 2.97. The molecule has 0 saturated heterocycles. The molecule has 0 aromatic carbocycles. The molecular formula is C22H39N5O3. The first-order valence-electron chi connectivity index (χ1n) is 10.3. The summed E-state index contributed by atoms with van der Waals surface area (Å²) in [5.41, 5.74) is 6.05. The Labute approximate surface area is 180 Å². The molecule has 0 aliphatic carbocycles. The Kier molecular flexibility index (Phi) is 7.28. The number of nitrogen functional groups attached to an aromatic ring is 1. The molecule has 0 aliphatic rings. The summed E-state index contributed by atoms with van der Waals surface area (Å²) in [6.45, 7) is 24.1. The third-order valence-corrected chi connectivity index (χ3v) is 7.48. The zero-order chi connectivity index (χ0) is 23.7. The molecule has 8 heteroatoms. The molecule has 1 atom stereocenters. The maximum atomic E-state index is 12.4. The van der Waals surface area contributed by atoms with Crippen LogP contribution >= 0.6 is 0 Å². The molecular weight excluding hydrogens is 382 g/mol. The smallest absolute Gasteiger partial charge is 0.307 e. The Hall–Kier alpha value is -2.25. The summed E-state index contributed by atoms with van der Waals surface area (Å²) >= 11 is 0. The molecule has 1 heterocycles. The molecule has 1 rings (SSSR count). The van der Waals surface area contributed by atoms with Crippen molar-refractivity contribution in [3.63, 3.8) is 0 Å². The van der Waals surface area contributed by atoms with E-state index in [4.69, 9.17) is 5.73 Å². The van der Waals surface area contributed by atoms with Crippen molar-refractivity contribution in [2.45, 2.75) is 81.6 Å². The quantitative estimate of drug-likeness (QED) is 0.446. The van der Waals surface area contributed by atoms with E-state index in [0.717, 1.165) is 16.7 Å². The predicted molar refractivity (Wildman–Crippen MR) is 118 cm³/mol. The number of carbonyl (C=O) groups is 2. The average molecular weight is 422 g/mol. The predicted octanol–water partition coefficient (Wildman–Crippen LogP) is 4.45. The third kappa shape index (κ3) is 5.46. The zero-order valence-corrected chi connectivity index (χ0v) is 20.0. The fraction of sp³-hybridized carbons (Fsp3) is 0.773. The fourth-order valence-corrected chi connectivity index (χ4v) is 3.54. The number of nitrogens with two attached hydrogens (primary N) is 1. The Morgan fingerprint density at radius 2 is 1.57 bits per heavy atom. The van der Waals surface area contributed by atoms with E-state index in [1.165, 1.54) is 0 Å². The van der Waals surface area contributed by atoms with Gasteiger partial charge in [0.05, 0.1) is 5.92 Å². The van der Waals surface area contributed by atoms with E-state index in [0.29, 0.717) is 0 Å². The van der Waals surface area contributed by atoms with Crippen molar-refractivity contribution in [2.75, 3.05) is 5.73 Å². The highest BCUT2D eigenvalue weighted by atomic mass is 16.4. The number of allylic oxidation sites excluding steroid dienone is 1. The second kappa shape index (κ2) is 8.47. The standard InChI is InChI=1S/C22H39N5O3/c1-14(22(9,10)21(7,8)13-20(5,6)19(2,3)4)11-15(17(29)30)12-16(28)27-18(23)24-25-26-27/h15H,1,11-13H2,2-10H3,(H,29,30)(H2,23,24,26). The Balaban J connectivity index is 3.03. The first-order valence-corrected chi connectivity index (χ1v) is 10.3. The molecule has 0 bridgehead atoms. The summed E-state index contributed by atoms with van der Waals surface area (Å²) in [4.78, 5) is 24.3. The van der Waals surface area contributed by atoms with E-state index in [2.05, 4.69) is 84.4 Å². The van der Waals surface area contributed by atoms with Gasteiger partial charge in [0, 0.05) is 6.42 Å². The number of nitrogens with zero attached hydrogens (tertiary/aromatic N) is 4. The number of aliphatic carboxylic acids is 1. The monoisotopic (exact) mass is 421 g/mol. The third-order valence-electron chi connectivity index (χ3n) is 7.48. The number of tetrazole rings is 1. The van der Waals surface area contributed by atoms with Gasteiger partial charge in [0.2, 0.25) is 5.95 Å². The van der Waals surface area contributed by atoms with Crippen molar-refractivity contribution in [1.82, 2.24) is 20.2 Å². The highest BCUT2D eigenvalue weighted by molar-refractivity contribution is 5.84. The molecule has 3 N–H and O–H groups in total. The van der Waals surface area contributed by atoms with E-state index in [1.54, 1.807) is 0 Å². The first-order chi connectivity index (χ1) is 13.3. The molecule has 1 aromatic rings. The lowest BCUT2D eigenvalue weighted by Gasteiger charge is -2.51. The number of anilines is 1. The molecule has 0 fully saturated rings. The second-order valence-corrected chi connectivity index (χ2v) is 11.2. The number of carboxylic acid groups (broad SMARTS) is 1. The topological polar surface area (TPSA) is 124 Å². The van der Waals surface area contributed by atoms with Gasteiger partial charge >= 0.3 is 5.97 Å². The summed E-state index contributed by atoms with van der Waals surface area (Å²) in [6.07, 6.45) is 0.871. The first kappa shape index (κ1) is 25.8. The van der Waals surface area contributed by atoms with Gasteiger partial charge in [-0.1, -0.05) is 79.6 Å². The Bertz CT molecular complexity index is 800. The summed E-state index contributed by atoms with van der Waals surface area (Å²) in [7, 11) is 0. The van der Waals surface area contributed by atoms with Gasteiger partial charge in [-0.2, -0.15) is 0 Å². The van der Waals surface area contributed by atoms with Crippen molar-refractivity contribution in [3.8, 4) is 0 Å². The highest BCUT2D eigenvalue weighted by Crippen LogP contribution is 2.55. The lowest BCUT2D eigenvalue weighted by Crippen LogP contribution is -2.42. The van der Waals surface area contributed by atoms with Crippen molar-refractivity contribution < 1.29 is 14.7 Å². The molecule has 1 unspecified atom stereocenters. The summed E-state index contributed by atoms with van der Waals surface area (Å²) in [6, 6.07) is 0. The molecule has 30 heavy (non-hydrogen) atoms. The van der Waals surface area contributed by atoms with E-state index in [9.17, 15) is 14.7 Å². The van der Waals surface area contributed by atoms with Crippen LogP contribution in [0.25, 0.3) is 0 Å². The number of rotatable bonds is 9. The number of hydrogen-bond acceptors (Lipinski definition) is 6. The number of aromatic nitrogens is 4. The molecule has 0 radical (unpaired) electrons. The van der Waals surface area contributed by atoms with Gasteiger partial charge in [-0.05, 0) is 44.9 Å². The minimum atomic E-state index is -1.06. The summed E-state index contributed by atoms with van der Waals surface area (Å²) in [5, 5.41) is 20.0. The van der Waals surface area contributed by atoms with Gasteiger partial charge in [-0.25, -0.2) is 0 Å². The number of carbonyl (C=O) groups excluding carboxylic acids is 1. The van der Waals surface area contributed by atoms with Gasteiger partial charge in [-0.3, -0.25) is 9.59 Å². The number of hydrogen-bond donors (Lipinski definition) is 2. The van der Waals surface area contributed by atoms with Crippen LogP contribution < -0.4 is 5.73 Å². The lowest BCUT2D eigenvalue weighted by atomic mass is 9.54. The van der Waals surface area contributed by atoms with Gasteiger partial charge in [0.25, 0.3) is 5.91 Å². The molecule has 8 nitrogen and oxygen atoms in total. The molecule has 0 spiro atoms. The van der Waals surface area contributed by atoms with Crippen LogP contribution in [0.5, 0.6) is 0 Å². The van der Waals surface area contributed by atoms with Crippen LogP contribution in [0.4, 0.5) is 5.95 Å². The van der Waals surface area contributed by atoms with Gasteiger partial charge in [0.15, 0.2) is 0 Å². The largest absolute Gasteiger partial charge is 0.481 e. The normalized spacial score (nSPS) is 14.4. The van der Waals surface area contributed by atoms with Crippen molar-refractivity contribution in [2.24, 2.45) is 27.6 Å². The van der Waals surface area contributed by atoms with Crippen LogP contribution in [0.15, 0.2) is 12.2 Å². The zero-order valence-electron chi connectivity index (χ0n) is 20.0. The Morgan fingerprint density at radius 1 is 1.03 bits per heavy atom.